The van der Waals surface area contributed by atoms with Crippen LogP contribution in [-0.4, -0.2) is 43.9 Å². The molecule has 3 aromatic rings. The summed E-state index contributed by atoms with van der Waals surface area (Å²) in [4.78, 5) is 30.5. The van der Waals surface area contributed by atoms with Crippen LogP contribution in [0.25, 0.3) is 6.08 Å². The number of dihydropyridines is 1. The molecule has 2 heterocycles. The van der Waals surface area contributed by atoms with E-state index in [0.717, 1.165) is 17.6 Å². The maximum Gasteiger partial charge on any atom is 0.336 e. The highest BCUT2D eigenvalue weighted by molar-refractivity contribution is 5.99. The van der Waals surface area contributed by atoms with Crippen LogP contribution in [0.3, 0.4) is 0 Å². The highest BCUT2D eigenvalue weighted by Crippen LogP contribution is 2.39. The number of hydrogen-bond acceptors (Lipinski definition) is 7. The first-order chi connectivity index (χ1) is 21.5. The quantitative estimate of drug-likeness (QED) is 0.223. The zero-order valence-electron chi connectivity index (χ0n) is 26.8. The van der Waals surface area contributed by atoms with Gasteiger partial charge in [-0.05, 0) is 73.2 Å². The summed E-state index contributed by atoms with van der Waals surface area (Å²) in [6.07, 6.45) is 6.58. The molecule has 0 amide bonds. The van der Waals surface area contributed by atoms with Crippen molar-refractivity contribution < 1.29 is 28.2 Å². The van der Waals surface area contributed by atoms with E-state index in [0.29, 0.717) is 30.2 Å². The van der Waals surface area contributed by atoms with Crippen molar-refractivity contribution in [1.82, 2.24) is 10.3 Å². The minimum Gasteiger partial charge on any atom is -0.466 e. The third-order valence-corrected chi connectivity index (χ3v) is 7.51. The Hall–Kier alpha value is -4.56. The average Bonchev–Trinajstić information content (AvgIpc) is 3.00. The molecule has 2 aromatic carbocycles. The first-order valence-corrected chi connectivity index (χ1v) is 14.9. The van der Waals surface area contributed by atoms with Gasteiger partial charge in [-0.15, -0.1) is 0 Å². The Bertz CT molecular complexity index is 1610. The van der Waals surface area contributed by atoms with Gasteiger partial charge in [0.2, 0.25) is 0 Å². The summed E-state index contributed by atoms with van der Waals surface area (Å²) in [6, 6.07) is 18.3. The number of ether oxygens (including phenoxy) is 3. The smallest absolute Gasteiger partial charge is 0.336 e. The third kappa shape index (κ3) is 8.99. The molecule has 236 valence electrons. The standard InChI is InChI=1S/C37H41FN2O5/c1-24(17-27-12-14-28(15-13-27)18-29-9-8-16-39-20-29)21-44-22-37(4,5)23-45-36(42)33-26(3)40-25(2)32(35(41)43-6)34(33)30-10-7-11-31(38)19-30/h7-17,19-20,34,40H,18,21-23H2,1-6H3/b24-17+. The molecule has 1 aliphatic rings. The molecular formula is C37H41FN2O5. The van der Waals surface area contributed by atoms with Gasteiger partial charge in [-0.25, -0.2) is 14.0 Å². The van der Waals surface area contributed by atoms with Gasteiger partial charge < -0.3 is 19.5 Å². The first kappa shape index (κ1) is 33.3. The van der Waals surface area contributed by atoms with Crippen LogP contribution in [0, 0.1) is 11.2 Å². The zero-order valence-corrected chi connectivity index (χ0v) is 26.8. The SMILES string of the molecule is COC(=O)C1=C(C)NC(C)=C(C(=O)OCC(C)(C)COC/C(C)=C/c2ccc(Cc3cccnc3)cc2)C1c1cccc(F)c1. The first-order valence-electron chi connectivity index (χ1n) is 14.9. The molecule has 0 saturated carbocycles. The van der Waals surface area contributed by atoms with Gasteiger partial charge in [0, 0.05) is 29.2 Å². The Morgan fingerprint density at radius 1 is 0.956 bits per heavy atom. The van der Waals surface area contributed by atoms with Crippen molar-refractivity contribution in [2.45, 2.75) is 47.0 Å². The van der Waals surface area contributed by atoms with E-state index in [1.807, 2.05) is 33.0 Å². The molecule has 1 atom stereocenters. The number of methoxy groups -OCH3 is 1. The Morgan fingerprint density at radius 3 is 2.31 bits per heavy atom. The van der Waals surface area contributed by atoms with Crippen LogP contribution in [0.1, 0.15) is 62.8 Å². The van der Waals surface area contributed by atoms with Gasteiger partial charge in [0.25, 0.3) is 0 Å². The Morgan fingerprint density at radius 2 is 1.67 bits per heavy atom. The summed E-state index contributed by atoms with van der Waals surface area (Å²) in [5.74, 6) is -2.53. The van der Waals surface area contributed by atoms with E-state index >= 15 is 0 Å². The second-order valence-corrected chi connectivity index (χ2v) is 12.2. The number of carbonyl (C=O) groups excluding carboxylic acids is 2. The lowest BCUT2D eigenvalue weighted by Crippen LogP contribution is -2.34. The molecule has 0 aliphatic carbocycles. The number of pyridine rings is 1. The summed E-state index contributed by atoms with van der Waals surface area (Å²) >= 11 is 0. The number of nitrogens with zero attached hydrogens (tertiary/aromatic N) is 1. The second-order valence-electron chi connectivity index (χ2n) is 12.2. The highest BCUT2D eigenvalue weighted by atomic mass is 19.1. The molecule has 1 aliphatic heterocycles. The zero-order chi connectivity index (χ0) is 32.6. The summed E-state index contributed by atoms with van der Waals surface area (Å²) < 4.78 is 31.1. The normalized spacial score (nSPS) is 15.5. The van der Waals surface area contributed by atoms with E-state index in [4.69, 9.17) is 14.2 Å². The number of rotatable bonds is 12. The van der Waals surface area contributed by atoms with Gasteiger partial charge in [0.05, 0.1) is 44.0 Å². The Labute approximate surface area is 264 Å². The number of halogens is 1. The number of aromatic nitrogens is 1. The summed E-state index contributed by atoms with van der Waals surface area (Å²) in [5.41, 5.74) is 6.02. The van der Waals surface area contributed by atoms with Crippen LogP contribution in [0.5, 0.6) is 0 Å². The van der Waals surface area contributed by atoms with Gasteiger partial charge in [0.15, 0.2) is 0 Å². The average molecular weight is 613 g/mol. The van der Waals surface area contributed by atoms with Crippen molar-refractivity contribution >= 4 is 18.0 Å². The van der Waals surface area contributed by atoms with E-state index in [-0.39, 0.29) is 17.8 Å². The fourth-order valence-corrected chi connectivity index (χ4v) is 5.33. The molecule has 0 spiro atoms. The van der Waals surface area contributed by atoms with E-state index in [9.17, 15) is 14.0 Å². The minimum atomic E-state index is -0.849. The number of hydrogen-bond donors (Lipinski definition) is 1. The maximum atomic E-state index is 14.2. The van der Waals surface area contributed by atoms with Crippen LogP contribution in [-0.2, 0) is 30.2 Å². The number of benzene rings is 2. The molecule has 0 saturated heterocycles. The van der Waals surface area contributed by atoms with Crippen LogP contribution < -0.4 is 5.32 Å². The lowest BCUT2D eigenvalue weighted by Gasteiger charge is -2.31. The van der Waals surface area contributed by atoms with Crippen LogP contribution in [0.15, 0.2) is 101 Å². The lowest BCUT2D eigenvalue weighted by molar-refractivity contribution is -0.143. The molecule has 1 unspecified atom stereocenters. The summed E-state index contributed by atoms with van der Waals surface area (Å²) in [6.45, 7) is 10.2. The molecule has 4 rings (SSSR count). The number of esters is 2. The van der Waals surface area contributed by atoms with Crippen LogP contribution in [0.4, 0.5) is 4.39 Å². The monoisotopic (exact) mass is 612 g/mol. The minimum absolute atomic E-state index is 0.0793. The van der Waals surface area contributed by atoms with E-state index in [1.54, 1.807) is 32.2 Å². The molecule has 0 radical (unpaired) electrons. The van der Waals surface area contributed by atoms with Gasteiger partial charge in [-0.1, -0.05) is 62.4 Å². The van der Waals surface area contributed by atoms with E-state index in [2.05, 4.69) is 46.7 Å². The second kappa shape index (κ2) is 14.9. The fraction of sp³-hybridized carbons (Fsp3) is 0.324. The highest BCUT2D eigenvalue weighted by Gasteiger charge is 2.38. The summed E-state index contributed by atoms with van der Waals surface area (Å²) in [7, 11) is 1.27. The molecule has 1 aromatic heterocycles. The molecular weight excluding hydrogens is 571 g/mol. The largest absolute Gasteiger partial charge is 0.466 e. The topological polar surface area (TPSA) is 86.8 Å². The molecule has 1 N–H and O–H groups in total. The predicted octanol–water partition coefficient (Wildman–Crippen LogP) is 6.91. The maximum absolute atomic E-state index is 14.2. The predicted molar refractivity (Wildman–Crippen MR) is 172 cm³/mol. The lowest BCUT2D eigenvalue weighted by atomic mass is 9.80. The Kier molecular flexibility index (Phi) is 11.1. The number of nitrogens with one attached hydrogen (secondary N) is 1. The summed E-state index contributed by atoms with van der Waals surface area (Å²) in [5, 5.41) is 3.10. The van der Waals surface area contributed by atoms with Crippen molar-refractivity contribution in [3.63, 3.8) is 0 Å². The van der Waals surface area contributed by atoms with E-state index < -0.39 is 29.1 Å². The van der Waals surface area contributed by atoms with Crippen molar-refractivity contribution in [3.05, 3.63) is 129 Å². The Balaban J connectivity index is 1.35. The van der Waals surface area contributed by atoms with Crippen LogP contribution in [0.2, 0.25) is 0 Å². The van der Waals surface area contributed by atoms with Crippen molar-refractivity contribution in [3.8, 4) is 0 Å². The third-order valence-electron chi connectivity index (χ3n) is 7.51. The molecule has 45 heavy (non-hydrogen) atoms. The number of carbonyl (C=O) groups is 2. The van der Waals surface area contributed by atoms with Crippen molar-refractivity contribution in [2.75, 3.05) is 26.9 Å². The molecule has 8 heteroatoms. The fourth-order valence-electron chi connectivity index (χ4n) is 5.33. The number of allylic oxidation sites excluding steroid dienone is 2. The van der Waals surface area contributed by atoms with Gasteiger partial charge in [0.1, 0.15) is 5.82 Å². The van der Waals surface area contributed by atoms with E-state index in [1.165, 1.54) is 30.4 Å². The van der Waals surface area contributed by atoms with Gasteiger partial charge in [-0.3, -0.25) is 4.98 Å². The van der Waals surface area contributed by atoms with Crippen molar-refractivity contribution in [2.24, 2.45) is 5.41 Å². The molecule has 7 nitrogen and oxygen atoms in total. The molecule has 0 fully saturated rings. The van der Waals surface area contributed by atoms with Gasteiger partial charge >= 0.3 is 11.9 Å². The van der Waals surface area contributed by atoms with Gasteiger partial charge in [-0.2, -0.15) is 0 Å². The van der Waals surface area contributed by atoms with Crippen molar-refractivity contribution in [1.29, 1.82) is 0 Å². The van der Waals surface area contributed by atoms with Crippen LogP contribution >= 0.6 is 0 Å². The molecule has 0 bridgehead atoms.